The molecule has 0 aliphatic rings. The molecule has 90 valence electrons. The zero-order valence-corrected chi connectivity index (χ0v) is 11.1. The minimum Gasteiger partial charge on any atom is -0.321 e. The molecule has 3 heteroatoms. The number of hydrogen-bond donors (Lipinski definition) is 1. The Balaban J connectivity index is 2.82. The molecule has 2 rings (SSSR count). The number of hydrogen-bond acceptors (Lipinski definition) is 1. The molecule has 1 aromatic carbocycles. The van der Waals surface area contributed by atoms with E-state index in [9.17, 15) is 4.79 Å². The van der Waals surface area contributed by atoms with E-state index in [1.165, 1.54) is 0 Å². The number of H-pyrrole nitrogens is 1. The number of alkyl halides is 1. The van der Waals surface area contributed by atoms with Crippen molar-refractivity contribution in [3.8, 4) is 0 Å². The van der Waals surface area contributed by atoms with Crippen LogP contribution in [0, 0.1) is 0 Å². The number of para-hydroxylation sites is 1. The molecule has 1 aromatic heterocycles. The fourth-order valence-corrected chi connectivity index (χ4v) is 2.20. The number of aromatic nitrogens is 1. The summed E-state index contributed by atoms with van der Waals surface area (Å²) in [5.41, 5.74) is 2.59. The van der Waals surface area contributed by atoms with Crippen LogP contribution in [0.5, 0.6) is 0 Å². The quantitative estimate of drug-likeness (QED) is 0.770. The first kappa shape index (κ1) is 12.2. The Kier molecular flexibility index (Phi) is 3.00. The summed E-state index contributed by atoms with van der Waals surface area (Å²) in [4.78, 5) is 14.7. The van der Waals surface area contributed by atoms with Crippen molar-refractivity contribution in [2.75, 3.05) is 0 Å². The van der Waals surface area contributed by atoms with E-state index in [0.29, 0.717) is 5.56 Å². The molecule has 2 nitrogen and oxygen atoms in total. The van der Waals surface area contributed by atoms with Gasteiger partial charge in [-0.15, -0.1) is 11.6 Å². The van der Waals surface area contributed by atoms with Gasteiger partial charge in [0.25, 0.3) is 5.56 Å². The Bertz CT molecular complexity index is 608. The summed E-state index contributed by atoms with van der Waals surface area (Å²) in [6.07, 6.45) is 0. The van der Waals surface area contributed by atoms with E-state index in [1.807, 2.05) is 18.2 Å². The number of halogens is 1. The number of rotatable bonds is 1. The maximum Gasteiger partial charge on any atom is 0.252 e. The third-order valence-corrected chi connectivity index (χ3v) is 3.20. The molecule has 17 heavy (non-hydrogen) atoms. The van der Waals surface area contributed by atoms with Crippen molar-refractivity contribution in [2.45, 2.75) is 32.1 Å². The van der Waals surface area contributed by atoms with E-state index in [-0.39, 0.29) is 16.9 Å². The Morgan fingerprint density at radius 3 is 2.59 bits per heavy atom. The van der Waals surface area contributed by atoms with Crippen LogP contribution in [0.4, 0.5) is 0 Å². The van der Waals surface area contributed by atoms with E-state index >= 15 is 0 Å². The zero-order valence-electron chi connectivity index (χ0n) is 10.3. The van der Waals surface area contributed by atoms with Crippen LogP contribution in [0.3, 0.4) is 0 Å². The summed E-state index contributed by atoms with van der Waals surface area (Å²) < 4.78 is 0. The molecule has 0 radical (unpaired) electrons. The topological polar surface area (TPSA) is 32.9 Å². The van der Waals surface area contributed by atoms with Gasteiger partial charge < -0.3 is 4.98 Å². The van der Waals surface area contributed by atoms with Crippen LogP contribution >= 0.6 is 11.6 Å². The van der Waals surface area contributed by atoms with Gasteiger partial charge in [0.1, 0.15) is 0 Å². The third-order valence-electron chi connectivity index (χ3n) is 2.91. The molecule has 0 saturated heterocycles. The van der Waals surface area contributed by atoms with Crippen LogP contribution in [0.25, 0.3) is 10.9 Å². The summed E-state index contributed by atoms with van der Waals surface area (Å²) >= 11 is 5.74. The third kappa shape index (κ3) is 2.22. The van der Waals surface area contributed by atoms with Crippen LogP contribution < -0.4 is 5.56 Å². The normalized spacial score (nSPS) is 12.0. The van der Waals surface area contributed by atoms with Crippen molar-refractivity contribution in [3.05, 3.63) is 45.7 Å². The summed E-state index contributed by atoms with van der Waals surface area (Å²) in [7, 11) is 0. The maximum absolute atomic E-state index is 11.8. The van der Waals surface area contributed by atoms with E-state index in [4.69, 9.17) is 11.6 Å². The van der Waals surface area contributed by atoms with Crippen LogP contribution in [-0.4, -0.2) is 4.98 Å². The maximum atomic E-state index is 11.8. The zero-order chi connectivity index (χ0) is 12.6. The van der Waals surface area contributed by atoms with Crippen molar-refractivity contribution in [1.82, 2.24) is 4.98 Å². The van der Waals surface area contributed by atoms with Gasteiger partial charge in [-0.2, -0.15) is 0 Å². The minimum atomic E-state index is -0.0933. The standard InChI is InChI=1S/C14H16ClNO/c1-14(2,3)11-6-4-5-9-7-10(8-15)13(17)16-12(9)11/h4-7H,8H2,1-3H3,(H,16,17). The van der Waals surface area contributed by atoms with Gasteiger partial charge in [0, 0.05) is 5.56 Å². The fraction of sp³-hybridized carbons (Fsp3) is 0.357. The highest BCUT2D eigenvalue weighted by atomic mass is 35.5. The summed E-state index contributed by atoms with van der Waals surface area (Å²) in [6, 6.07) is 7.94. The molecule has 0 amide bonds. The van der Waals surface area contributed by atoms with Crippen molar-refractivity contribution >= 4 is 22.5 Å². The molecule has 0 aliphatic carbocycles. The second-order valence-corrected chi connectivity index (χ2v) is 5.54. The van der Waals surface area contributed by atoms with Crippen molar-refractivity contribution in [1.29, 1.82) is 0 Å². The average molecular weight is 250 g/mol. The van der Waals surface area contributed by atoms with Crippen LogP contribution in [0.1, 0.15) is 31.9 Å². The molecule has 0 aliphatic heterocycles. The first-order valence-corrected chi connectivity index (χ1v) is 6.18. The highest BCUT2D eigenvalue weighted by molar-refractivity contribution is 6.17. The van der Waals surface area contributed by atoms with Gasteiger partial charge in [-0.05, 0) is 22.4 Å². The summed E-state index contributed by atoms with van der Waals surface area (Å²) in [6.45, 7) is 6.40. The van der Waals surface area contributed by atoms with Crippen LogP contribution in [0.2, 0.25) is 0 Å². The Hall–Kier alpha value is -1.28. The molecular formula is C14H16ClNO. The van der Waals surface area contributed by atoms with Gasteiger partial charge in [0.2, 0.25) is 0 Å². The molecule has 1 heterocycles. The smallest absolute Gasteiger partial charge is 0.252 e. The van der Waals surface area contributed by atoms with Gasteiger partial charge in [-0.3, -0.25) is 4.79 Å². The highest BCUT2D eigenvalue weighted by Crippen LogP contribution is 2.28. The van der Waals surface area contributed by atoms with E-state index in [1.54, 1.807) is 0 Å². The van der Waals surface area contributed by atoms with Gasteiger partial charge in [0.15, 0.2) is 0 Å². The molecular weight excluding hydrogens is 234 g/mol. The second kappa shape index (κ2) is 4.19. The lowest BCUT2D eigenvalue weighted by molar-refractivity contribution is 0.594. The predicted molar refractivity (Wildman–Crippen MR) is 72.8 cm³/mol. The van der Waals surface area contributed by atoms with E-state index in [0.717, 1.165) is 16.5 Å². The monoisotopic (exact) mass is 249 g/mol. The number of nitrogens with one attached hydrogen (secondary N) is 1. The number of fused-ring (bicyclic) bond motifs is 1. The van der Waals surface area contributed by atoms with Crippen molar-refractivity contribution in [2.24, 2.45) is 0 Å². The van der Waals surface area contributed by atoms with Crippen molar-refractivity contribution in [3.63, 3.8) is 0 Å². The molecule has 0 atom stereocenters. The first-order valence-electron chi connectivity index (χ1n) is 5.65. The summed E-state index contributed by atoms with van der Waals surface area (Å²) in [5.74, 6) is 0.241. The molecule has 1 N–H and O–H groups in total. The largest absolute Gasteiger partial charge is 0.321 e. The lowest BCUT2D eigenvalue weighted by atomic mass is 9.85. The number of benzene rings is 1. The molecule has 2 aromatic rings. The SMILES string of the molecule is CC(C)(C)c1cccc2cc(CCl)c(=O)[nH]c12. The average Bonchev–Trinajstić information content (AvgIpc) is 2.26. The Labute approximate surface area is 106 Å². The fourth-order valence-electron chi connectivity index (χ4n) is 2.00. The van der Waals surface area contributed by atoms with Crippen LogP contribution in [0.15, 0.2) is 29.1 Å². The molecule has 0 saturated carbocycles. The second-order valence-electron chi connectivity index (χ2n) is 5.28. The highest BCUT2D eigenvalue weighted by Gasteiger charge is 2.17. The van der Waals surface area contributed by atoms with E-state index < -0.39 is 0 Å². The molecule has 0 unspecified atom stereocenters. The van der Waals surface area contributed by atoms with Crippen molar-refractivity contribution < 1.29 is 0 Å². The van der Waals surface area contributed by atoms with Gasteiger partial charge in [0.05, 0.1) is 11.4 Å². The Morgan fingerprint density at radius 1 is 1.29 bits per heavy atom. The Morgan fingerprint density at radius 2 is 2.00 bits per heavy atom. The first-order chi connectivity index (χ1) is 7.93. The lowest BCUT2D eigenvalue weighted by Gasteiger charge is -2.21. The summed E-state index contributed by atoms with van der Waals surface area (Å²) in [5, 5.41) is 1.03. The number of pyridine rings is 1. The predicted octanol–water partition coefficient (Wildman–Crippen LogP) is 3.56. The van der Waals surface area contributed by atoms with Crippen LogP contribution in [-0.2, 0) is 11.3 Å². The van der Waals surface area contributed by atoms with Gasteiger partial charge >= 0.3 is 0 Å². The lowest BCUT2D eigenvalue weighted by Crippen LogP contribution is -2.16. The molecule has 0 spiro atoms. The van der Waals surface area contributed by atoms with Gasteiger partial charge in [-0.25, -0.2) is 0 Å². The van der Waals surface area contributed by atoms with E-state index in [2.05, 4.69) is 31.8 Å². The van der Waals surface area contributed by atoms with Gasteiger partial charge in [-0.1, -0.05) is 39.0 Å². The minimum absolute atomic E-state index is 0.00489. The number of aromatic amines is 1. The molecule has 0 fully saturated rings. The molecule has 0 bridgehead atoms.